The van der Waals surface area contributed by atoms with E-state index in [1.807, 2.05) is 19.9 Å². The standard InChI is InChI=1S/C16H17FN4O/c1-3-10-12(16(22)21-20-14(10)4-2)9-19-15-7-5-6-13(17)11(15)8-18/h5-7,19H,3-4,9H2,1-2H3,(H,21,22). The zero-order chi connectivity index (χ0) is 16.1. The van der Waals surface area contributed by atoms with Gasteiger partial charge in [-0.15, -0.1) is 0 Å². The highest BCUT2D eigenvalue weighted by Gasteiger charge is 2.13. The fourth-order valence-electron chi connectivity index (χ4n) is 2.43. The number of H-pyrrole nitrogens is 1. The number of anilines is 1. The molecule has 1 aromatic heterocycles. The van der Waals surface area contributed by atoms with E-state index in [1.165, 1.54) is 12.1 Å². The van der Waals surface area contributed by atoms with Crippen LogP contribution in [0.3, 0.4) is 0 Å². The van der Waals surface area contributed by atoms with Crippen molar-refractivity contribution in [2.45, 2.75) is 33.2 Å². The van der Waals surface area contributed by atoms with Crippen LogP contribution in [0.15, 0.2) is 23.0 Å². The maximum Gasteiger partial charge on any atom is 0.269 e. The summed E-state index contributed by atoms with van der Waals surface area (Å²) in [6, 6.07) is 6.20. The molecular formula is C16H17FN4O. The van der Waals surface area contributed by atoms with Crippen molar-refractivity contribution in [2.75, 3.05) is 5.32 Å². The van der Waals surface area contributed by atoms with E-state index < -0.39 is 5.82 Å². The van der Waals surface area contributed by atoms with Crippen LogP contribution in [0, 0.1) is 17.1 Å². The van der Waals surface area contributed by atoms with Crippen molar-refractivity contribution in [3.05, 3.63) is 56.8 Å². The van der Waals surface area contributed by atoms with Gasteiger partial charge in [0, 0.05) is 12.1 Å². The first kappa shape index (κ1) is 15.7. The van der Waals surface area contributed by atoms with Crippen LogP contribution in [0.25, 0.3) is 0 Å². The second-order valence-corrected chi connectivity index (χ2v) is 4.79. The third-order valence-electron chi connectivity index (χ3n) is 3.55. The Morgan fingerprint density at radius 2 is 2.09 bits per heavy atom. The highest BCUT2D eigenvalue weighted by molar-refractivity contribution is 5.58. The molecule has 2 rings (SSSR count). The van der Waals surface area contributed by atoms with Crippen LogP contribution in [0.2, 0.25) is 0 Å². The Bertz CT molecular complexity index is 777. The first-order valence-electron chi connectivity index (χ1n) is 7.14. The zero-order valence-corrected chi connectivity index (χ0v) is 12.5. The maximum atomic E-state index is 13.6. The molecule has 0 amide bonds. The van der Waals surface area contributed by atoms with Gasteiger partial charge in [0.15, 0.2) is 0 Å². The number of nitriles is 1. The Hall–Kier alpha value is -2.68. The van der Waals surface area contributed by atoms with E-state index in [0.29, 0.717) is 17.7 Å². The van der Waals surface area contributed by atoms with Crippen LogP contribution >= 0.6 is 0 Å². The molecule has 114 valence electrons. The predicted octanol–water partition coefficient (Wildman–Crippen LogP) is 2.52. The van der Waals surface area contributed by atoms with Crippen molar-refractivity contribution in [2.24, 2.45) is 0 Å². The average Bonchev–Trinajstić information content (AvgIpc) is 2.53. The number of benzene rings is 1. The number of aromatic nitrogens is 2. The molecule has 0 saturated carbocycles. The molecule has 0 radical (unpaired) electrons. The minimum absolute atomic E-state index is 0.0539. The van der Waals surface area contributed by atoms with E-state index in [0.717, 1.165) is 17.7 Å². The van der Waals surface area contributed by atoms with Gasteiger partial charge in [-0.2, -0.15) is 10.4 Å². The second kappa shape index (κ2) is 6.85. The lowest BCUT2D eigenvalue weighted by Crippen LogP contribution is -2.22. The smallest absolute Gasteiger partial charge is 0.269 e. The Kier molecular flexibility index (Phi) is 4.89. The molecule has 0 atom stereocenters. The van der Waals surface area contributed by atoms with Crippen LogP contribution in [-0.4, -0.2) is 10.2 Å². The van der Waals surface area contributed by atoms with Crippen LogP contribution in [0.5, 0.6) is 0 Å². The number of nitrogens with zero attached hydrogens (tertiary/aromatic N) is 2. The van der Waals surface area contributed by atoms with E-state index in [9.17, 15) is 9.18 Å². The van der Waals surface area contributed by atoms with Crippen molar-refractivity contribution in [3.8, 4) is 6.07 Å². The molecule has 0 saturated heterocycles. The van der Waals surface area contributed by atoms with E-state index >= 15 is 0 Å². The van der Waals surface area contributed by atoms with Crippen molar-refractivity contribution in [1.82, 2.24) is 10.2 Å². The summed E-state index contributed by atoms with van der Waals surface area (Å²) in [4.78, 5) is 12.0. The van der Waals surface area contributed by atoms with Crippen LogP contribution < -0.4 is 10.9 Å². The summed E-state index contributed by atoms with van der Waals surface area (Å²) in [5.74, 6) is -0.582. The summed E-state index contributed by atoms with van der Waals surface area (Å²) in [7, 11) is 0. The molecule has 1 aromatic carbocycles. The number of aromatic amines is 1. The lowest BCUT2D eigenvalue weighted by atomic mass is 10.0. The number of rotatable bonds is 5. The molecule has 2 N–H and O–H groups in total. The molecule has 0 aliphatic rings. The average molecular weight is 300 g/mol. The Labute approximate surface area is 127 Å². The summed E-state index contributed by atoms with van der Waals surface area (Å²) in [6.45, 7) is 4.14. The molecule has 6 heteroatoms. The number of hydrogen-bond donors (Lipinski definition) is 2. The molecule has 0 spiro atoms. The van der Waals surface area contributed by atoms with Gasteiger partial charge in [-0.3, -0.25) is 4.79 Å². The van der Waals surface area contributed by atoms with E-state index in [4.69, 9.17) is 5.26 Å². The first-order valence-corrected chi connectivity index (χ1v) is 7.14. The van der Waals surface area contributed by atoms with Gasteiger partial charge < -0.3 is 5.32 Å². The summed E-state index contributed by atoms with van der Waals surface area (Å²) < 4.78 is 13.6. The minimum Gasteiger partial charge on any atom is -0.380 e. The summed E-state index contributed by atoms with van der Waals surface area (Å²) >= 11 is 0. The summed E-state index contributed by atoms with van der Waals surface area (Å²) in [5, 5.41) is 18.5. The monoisotopic (exact) mass is 300 g/mol. The molecule has 0 fully saturated rings. The van der Waals surface area contributed by atoms with Gasteiger partial charge in [-0.25, -0.2) is 9.49 Å². The van der Waals surface area contributed by atoms with E-state index in [2.05, 4.69) is 15.5 Å². The van der Waals surface area contributed by atoms with Gasteiger partial charge in [0.2, 0.25) is 0 Å². The van der Waals surface area contributed by atoms with Crippen molar-refractivity contribution < 1.29 is 4.39 Å². The largest absolute Gasteiger partial charge is 0.380 e. The summed E-state index contributed by atoms with van der Waals surface area (Å²) in [6.07, 6.45) is 1.40. The lowest BCUT2D eigenvalue weighted by molar-refractivity contribution is 0.624. The fraction of sp³-hybridized carbons (Fsp3) is 0.312. The molecule has 0 aliphatic carbocycles. The van der Waals surface area contributed by atoms with Crippen molar-refractivity contribution in [1.29, 1.82) is 5.26 Å². The van der Waals surface area contributed by atoms with E-state index in [-0.39, 0.29) is 17.7 Å². The molecule has 22 heavy (non-hydrogen) atoms. The topological polar surface area (TPSA) is 81.6 Å². The Morgan fingerprint density at radius 3 is 2.73 bits per heavy atom. The van der Waals surface area contributed by atoms with Gasteiger partial charge in [0.05, 0.1) is 11.4 Å². The molecule has 1 heterocycles. The summed E-state index contributed by atoms with van der Waals surface area (Å²) in [5.41, 5.74) is 2.37. The fourth-order valence-corrected chi connectivity index (χ4v) is 2.43. The molecule has 5 nitrogen and oxygen atoms in total. The molecular weight excluding hydrogens is 283 g/mol. The molecule has 0 bridgehead atoms. The van der Waals surface area contributed by atoms with Gasteiger partial charge in [-0.1, -0.05) is 19.9 Å². The Balaban J connectivity index is 2.36. The van der Waals surface area contributed by atoms with Gasteiger partial charge in [0.25, 0.3) is 5.56 Å². The normalized spacial score (nSPS) is 10.3. The third kappa shape index (κ3) is 2.98. The number of hydrogen-bond acceptors (Lipinski definition) is 4. The highest BCUT2D eigenvalue weighted by Crippen LogP contribution is 2.19. The van der Waals surface area contributed by atoms with Crippen LogP contribution in [0.1, 0.15) is 36.2 Å². The van der Waals surface area contributed by atoms with Gasteiger partial charge >= 0.3 is 0 Å². The minimum atomic E-state index is -0.582. The van der Waals surface area contributed by atoms with Gasteiger partial charge in [-0.05, 0) is 30.5 Å². The molecule has 2 aromatic rings. The van der Waals surface area contributed by atoms with Crippen molar-refractivity contribution >= 4 is 5.69 Å². The Morgan fingerprint density at radius 1 is 1.32 bits per heavy atom. The lowest BCUT2D eigenvalue weighted by Gasteiger charge is -2.13. The highest BCUT2D eigenvalue weighted by atomic mass is 19.1. The third-order valence-corrected chi connectivity index (χ3v) is 3.55. The van der Waals surface area contributed by atoms with Gasteiger partial charge in [0.1, 0.15) is 17.4 Å². The number of aryl methyl sites for hydroxylation is 1. The molecule has 0 unspecified atom stereocenters. The SMILES string of the molecule is CCc1n[nH]c(=O)c(CNc2cccc(F)c2C#N)c1CC. The van der Waals surface area contributed by atoms with Crippen molar-refractivity contribution in [3.63, 3.8) is 0 Å². The van der Waals surface area contributed by atoms with Crippen LogP contribution in [0.4, 0.5) is 10.1 Å². The number of halogens is 1. The zero-order valence-electron chi connectivity index (χ0n) is 12.5. The van der Waals surface area contributed by atoms with Crippen LogP contribution in [-0.2, 0) is 19.4 Å². The molecule has 0 aliphatic heterocycles. The number of nitrogens with one attached hydrogen (secondary N) is 2. The maximum absolute atomic E-state index is 13.6. The first-order chi connectivity index (χ1) is 10.6. The second-order valence-electron chi connectivity index (χ2n) is 4.79. The van der Waals surface area contributed by atoms with E-state index in [1.54, 1.807) is 6.07 Å². The predicted molar refractivity (Wildman–Crippen MR) is 82.1 cm³/mol. The quantitative estimate of drug-likeness (QED) is 0.889.